The summed E-state index contributed by atoms with van der Waals surface area (Å²) in [5.74, 6) is 1.37. The molecule has 0 atom stereocenters. The molecule has 1 aliphatic rings. The van der Waals surface area contributed by atoms with Crippen LogP contribution in [0, 0.1) is 23.0 Å². The molecule has 2 heterocycles. The number of amides is 1. The van der Waals surface area contributed by atoms with E-state index in [4.69, 9.17) is 0 Å². The molecule has 0 spiro atoms. The highest BCUT2D eigenvalue weighted by molar-refractivity contribution is 5.77. The van der Waals surface area contributed by atoms with Gasteiger partial charge in [0.1, 0.15) is 12.0 Å². The summed E-state index contributed by atoms with van der Waals surface area (Å²) in [5, 5.41) is 13.4. The monoisotopic (exact) mass is 335 g/mol. The van der Waals surface area contributed by atoms with Gasteiger partial charge in [-0.05, 0) is 44.3 Å². The Bertz CT molecular complexity index is 599. The standard InChI is InChI=1S/C16H25N5O3/c1-12-8-14(21(23)24)9-18-16(12)19(3)10-13-4-6-20(7-5-13)11-15(22)17-2/h8-9,13H,4-7,10-11H2,1-3H3,(H,17,22). The molecule has 1 N–H and O–H groups in total. The number of anilines is 1. The first kappa shape index (κ1) is 18.1. The van der Waals surface area contributed by atoms with Crippen molar-refractivity contribution in [2.75, 3.05) is 45.2 Å². The number of nitro groups is 1. The number of rotatable bonds is 6. The van der Waals surface area contributed by atoms with Gasteiger partial charge in [0.25, 0.3) is 5.69 Å². The topological polar surface area (TPSA) is 91.6 Å². The van der Waals surface area contributed by atoms with Gasteiger partial charge in [0.05, 0.1) is 11.5 Å². The van der Waals surface area contributed by atoms with Gasteiger partial charge in [0.2, 0.25) is 5.91 Å². The van der Waals surface area contributed by atoms with Crippen molar-refractivity contribution < 1.29 is 9.72 Å². The van der Waals surface area contributed by atoms with E-state index in [0.29, 0.717) is 12.5 Å². The number of hydrogen-bond donors (Lipinski definition) is 1. The van der Waals surface area contributed by atoms with Gasteiger partial charge in [0.15, 0.2) is 0 Å². The number of hydrogen-bond acceptors (Lipinski definition) is 6. The minimum Gasteiger partial charge on any atom is -0.359 e. The second-order valence-electron chi connectivity index (χ2n) is 6.36. The first-order chi connectivity index (χ1) is 11.4. The predicted molar refractivity (Wildman–Crippen MR) is 92.1 cm³/mol. The van der Waals surface area contributed by atoms with E-state index < -0.39 is 4.92 Å². The van der Waals surface area contributed by atoms with Crippen LogP contribution >= 0.6 is 0 Å². The summed E-state index contributed by atoms with van der Waals surface area (Å²) in [6, 6.07) is 1.56. The number of piperidine rings is 1. The lowest BCUT2D eigenvalue weighted by Crippen LogP contribution is -2.42. The number of likely N-dealkylation sites (N-methyl/N-ethyl adjacent to an activating group) is 1. The van der Waals surface area contributed by atoms with Crippen molar-refractivity contribution in [3.63, 3.8) is 0 Å². The lowest BCUT2D eigenvalue weighted by atomic mass is 9.96. The molecule has 0 aliphatic carbocycles. The highest BCUT2D eigenvalue weighted by Gasteiger charge is 2.22. The van der Waals surface area contributed by atoms with E-state index in [1.165, 1.54) is 6.20 Å². The van der Waals surface area contributed by atoms with E-state index in [2.05, 4.69) is 20.1 Å². The predicted octanol–water partition coefficient (Wildman–Crippen LogP) is 1.19. The lowest BCUT2D eigenvalue weighted by molar-refractivity contribution is -0.385. The summed E-state index contributed by atoms with van der Waals surface area (Å²) < 4.78 is 0. The van der Waals surface area contributed by atoms with Gasteiger partial charge in [0, 0.05) is 26.7 Å². The van der Waals surface area contributed by atoms with Gasteiger partial charge in [-0.15, -0.1) is 0 Å². The average molecular weight is 335 g/mol. The second kappa shape index (κ2) is 8.05. The molecule has 132 valence electrons. The van der Waals surface area contributed by atoms with Crippen LogP contribution in [0.3, 0.4) is 0 Å². The molecule has 0 bridgehead atoms. The van der Waals surface area contributed by atoms with Gasteiger partial charge < -0.3 is 10.2 Å². The summed E-state index contributed by atoms with van der Waals surface area (Å²) in [6.45, 7) is 5.00. The van der Waals surface area contributed by atoms with Crippen molar-refractivity contribution in [1.29, 1.82) is 0 Å². The van der Waals surface area contributed by atoms with Crippen LogP contribution in [-0.2, 0) is 4.79 Å². The Hall–Kier alpha value is -2.22. The summed E-state index contributed by atoms with van der Waals surface area (Å²) >= 11 is 0. The van der Waals surface area contributed by atoms with Crippen LogP contribution in [-0.4, -0.2) is 61.0 Å². The maximum absolute atomic E-state index is 11.4. The quantitative estimate of drug-likeness (QED) is 0.620. The number of carbonyl (C=O) groups is 1. The van der Waals surface area contributed by atoms with Crippen molar-refractivity contribution in [2.24, 2.45) is 5.92 Å². The average Bonchev–Trinajstić information content (AvgIpc) is 2.56. The number of carbonyl (C=O) groups excluding carboxylic acids is 1. The van der Waals surface area contributed by atoms with E-state index in [9.17, 15) is 14.9 Å². The van der Waals surface area contributed by atoms with Gasteiger partial charge in [-0.1, -0.05) is 0 Å². The zero-order valence-electron chi connectivity index (χ0n) is 14.5. The number of nitrogens with zero attached hydrogens (tertiary/aromatic N) is 4. The molecule has 0 unspecified atom stereocenters. The summed E-state index contributed by atoms with van der Waals surface area (Å²) in [4.78, 5) is 30.3. The Labute approximate surface area is 142 Å². The van der Waals surface area contributed by atoms with E-state index in [1.54, 1.807) is 13.1 Å². The lowest BCUT2D eigenvalue weighted by Gasteiger charge is -2.34. The maximum atomic E-state index is 11.4. The Kier molecular flexibility index (Phi) is 6.08. The Balaban J connectivity index is 1.88. The Morgan fingerprint density at radius 2 is 2.17 bits per heavy atom. The van der Waals surface area contributed by atoms with Crippen LogP contribution in [0.2, 0.25) is 0 Å². The van der Waals surface area contributed by atoms with E-state index in [1.807, 2.05) is 14.0 Å². The zero-order chi connectivity index (χ0) is 17.7. The molecule has 1 saturated heterocycles. The van der Waals surface area contributed by atoms with Crippen LogP contribution in [0.1, 0.15) is 18.4 Å². The number of pyridine rings is 1. The largest absolute Gasteiger partial charge is 0.359 e. The van der Waals surface area contributed by atoms with Gasteiger partial charge >= 0.3 is 0 Å². The van der Waals surface area contributed by atoms with Gasteiger partial charge in [-0.2, -0.15) is 0 Å². The number of nitrogens with one attached hydrogen (secondary N) is 1. The van der Waals surface area contributed by atoms with Crippen molar-refractivity contribution in [3.05, 3.63) is 27.9 Å². The molecule has 0 radical (unpaired) electrons. The molecule has 1 aliphatic heterocycles. The maximum Gasteiger partial charge on any atom is 0.287 e. The molecule has 1 aromatic heterocycles. The van der Waals surface area contributed by atoms with Gasteiger partial charge in [-0.3, -0.25) is 19.8 Å². The van der Waals surface area contributed by atoms with Gasteiger partial charge in [-0.25, -0.2) is 4.98 Å². The molecule has 0 saturated carbocycles. The van der Waals surface area contributed by atoms with Crippen molar-refractivity contribution in [3.8, 4) is 0 Å². The number of likely N-dealkylation sites (tertiary alicyclic amines) is 1. The van der Waals surface area contributed by atoms with Crippen molar-refractivity contribution >= 4 is 17.4 Å². The summed E-state index contributed by atoms with van der Waals surface area (Å²) in [5.41, 5.74) is 0.830. The summed E-state index contributed by atoms with van der Waals surface area (Å²) in [7, 11) is 3.63. The number of aromatic nitrogens is 1. The molecular weight excluding hydrogens is 310 g/mol. The first-order valence-electron chi connectivity index (χ1n) is 8.15. The van der Waals surface area contributed by atoms with Crippen LogP contribution in [0.5, 0.6) is 0 Å². The Morgan fingerprint density at radius 1 is 1.50 bits per heavy atom. The molecule has 1 amide bonds. The van der Waals surface area contributed by atoms with Crippen LogP contribution < -0.4 is 10.2 Å². The van der Waals surface area contributed by atoms with Crippen LogP contribution in [0.4, 0.5) is 11.5 Å². The molecule has 24 heavy (non-hydrogen) atoms. The second-order valence-corrected chi connectivity index (χ2v) is 6.36. The molecule has 0 aromatic carbocycles. The molecule has 1 aromatic rings. The zero-order valence-corrected chi connectivity index (χ0v) is 14.5. The molecular formula is C16H25N5O3. The van der Waals surface area contributed by atoms with Crippen LogP contribution in [0.15, 0.2) is 12.3 Å². The SMILES string of the molecule is CNC(=O)CN1CCC(CN(C)c2ncc([N+](=O)[O-])cc2C)CC1. The smallest absolute Gasteiger partial charge is 0.287 e. The normalized spacial score (nSPS) is 16.0. The van der Waals surface area contributed by atoms with E-state index in [0.717, 1.165) is 43.9 Å². The van der Waals surface area contributed by atoms with E-state index in [-0.39, 0.29) is 11.6 Å². The summed E-state index contributed by atoms with van der Waals surface area (Å²) in [6.07, 6.45) is 3.38. The fourth-order valence-corrected chi connectivity index (χ4v) is 3.14. The fraction of sp³-hybridized carbons (Fsp3) is 0.625. The minimum atomic E-state index is -0.425. The third-order valence-electron chi connectivity index (χ3n) is 4.49. The highest BCUT2D eigenvalue weighted by Crippen LogP contribution is 2.24. The molecule has 8 heteroatoms. The highest BCUT2D eigenvalue weighted by atomic mass is 16.6. The van der Waals surface area contributed by atoms with E-state index >= 15 is 0 Å². The fourth-order valence-electron chi connectivity index (χ4n) is 3.14. The molecule has 2 rings (SSSR count). The first-order valence-corrected chi connectivity index (χ1v) is 8.15. The third kappa shape index (κ3) is 4.64. The van der Waals surface area contributed by atoms with Crippen LogP contribution in [0.25, 0.3) is 0 Å². The van der Waals surface area contributed by atoms with Crippen molar-refractivity contribution in [1.82, 2.24) is 15.2 Å². The third-order valence-corrected chi connectivity index (χ3v) is 4.49. The van der Waals surface area contributed by atoms with Crippen molar-refractivity contribution in [2.45, 2.75) is 19.8 Å². The number of aryl methyl sites for hydroxylation is 1. The molecule has 1 fully saturated rings. The minimum absolute atomic E-state index is 0.0205. The Morgan fingerprint density at radius 3 is 2.71 bits per heavy atom. The molecule has 8 nitrogen and oxygen atoms in total.